The van der Waals surface area contributed by atoms with E-state index in [1.807, 2.05) is 13.8 Å². The van der Waals surface area contributed by atoms with Crippen LogP contribution in [-0.4, -0.2) is 29.4 Å². The minimum atomic E-state index is -0.408. The molecule has 0 aliphatic rings. The summed E-state index contributed by atoms with van der Waals surface area (Å²) in [5.41, 5.74) is 6.21. The smallest absolute Gasteiger partial charge is 0.255 e. The van der Waals surface area contributed by atoms with E-state index in [0.717, 1.165) is 0 Å². The lowest BCUT2D eigenvalue weighted by atomic mass is 10.2. The Morgan fingerprint density at radius 2 is 2.18 bits per heavy atom. The Labute approximate surface area is 99.6 Å². The minimum absolute atomic E-state index is 0.0443. The van der Waals surface area contributed by atoms with Crippen LogP contribution in [0.15, 0.2) is 18.5 Å². The maximum absolute atomic E-state index is 11.6. The van der Waals surface area contributed by atoms with Crippen molar-refractivity contribution in [3.63, 3.8) is 0 Å². The first kappa shape index (κ1) is 13.0. The second-order valence-corrected chi connectivity index (χ2v) is 3.87. The minimum Gasteiger partial charge on any atom is -0.398 e. The van der Waals surface area contributed by atoms with E-state index in [0.29, 0.717) is 5.69 Å². The van der Waals surface area contributed by atoms with Crippen LogP contribution in [0.1, 0.15) is 24.2 Å². The van der Waals surface area contributed by atoms with E-state index in [1.165, 1.54) is 18.5 Å². The number of aromatic nitrogens is 1. The van der Waals surface area contributed by atoms with Crippen LogP contribution in [0.4, 0.5) is 5.69 Å². The zero-order chi connectivity index (χ0) is 12.8. The Balaban J connectivity index is 2.51. The van der Waals surface area contributed by atoms with Crippen molar-refractivity contribution in [2.24, 2.45) is 0 Å². The quantitative estimate of drug-likeness (QED) is 0.681. The Kier molecular flexibility index (Phi) is 4.45. The predicted molar refractivity (Wildman–Crippen MR) is 64.3 cm³/mol. The third-order valence-corrected chi connectivity index (χ3v) is 1.96. The van der Waals surface area contributed by atoms with Crippen LogP contribution >= 0.6 is 0 Å². The van der Waals surface area contributed by atoms with E-state index < -0.39 is 5.91 Å². The van der Waals surface area contributed by atoms with E-state index in [4.69, 9.17) is 5.73 Å². The number of nitrogens with one attached hydrogen (secondary N) is 2. The van der Waals surface area contributed by atoms with Crippen molar-refractivity contribution >= 4 is 17.5 Å². The SMILES string of the molecule is CC(C)NC(=O)CNC(=O)c1cnccc1N. The summed E-state index contributed by atoms with van der Waals surface area (Å²) < 4.78 is 0. The predicted octanol–water partition coefficient (Wildman–Crippen LogP) is -0.0818. The highest BCUT2D eigenvalue weighted by atomic mass is 16.2. The van der Waals surface area contributed by atoms with Crippen molar-refractivity contribution < 1.29 is 9.59 Å². The third-order valence-electron chi connectivity index (χ3n) is 1.96. The summed E-state index contributed by atoms with van der Waals surface area (Å²) in [7, 11) is 0. The molecule has 0 saturated carbocycles. The maximum atomic E-state index is 11.6. The molecule has 6 heteroatoms. The standard InChI is InChI=1S/C11H16N4O2/c1-7(2)15-10(16)6-14-11(17)8-5-13-4-3-9(8)12/h3-5,7H,6H2,1-2H3,(H2,12,13)(H,14,17)(H,15,16). The number of carbonyl (C=O) groups excluding carboxylic acids is 2. The zero-order valence-electron chi connectivity index (χ0n) is 9.86. The molecule has 0 atom stereocenters. The summed E-state index contributed by atoms with van der Waals surface area (Å²) >= 11 is 0. The van der Waals surface area contributed by atoms with Crippen LogP contribution in [0.3, 0.4) is 0 Å². The first-order chi connectivity index (χ1) is 8.00. The van der Waals surface area contributed by atoms with Gasteiger partial charge in [-0.05, 0) is 19.9 Å². The zero-order valence-corrected chi connectivity index (χ0v) is 9.86. The normalized spacial score (nSPS) is 10.1. The molecule has 0 spiro atoms. The van der Waals surface area contributed by atoms with Gasteiger partial charge in [0.15, 0.2) is 0 Å². The number of hydrogen-bond acceptors (Lipinski definition) is 4. The van der Waals surface area contributed by atoms with Gasteiger partial charge in [-0.2, -0.15) is 0 Å². The van der Waals surface area contributed by atoms with Crippen LogP contribution in [0.5, 0.6) is 0 Å². The van der Waals surface area contributed by atoms with Gasteiger partial charge < -0.3 is 16.4 Å². The number of rotatable bonds is 4. The maximum Gasteiger partial charge on any atom is 0.255 e. The molecule has 4 N–H and O–H groups in total. The molecule has 0 bridgehead atoms. The number of amides is 2. The summed E-state index contributed by atoms with van der Waals surface area (Å²) in [6, 6.07) is 1.58. The van der Waals surface area contributed by atoms with Gasteiger partial charge in [-0.15, -0.1) is 0 Å². The fourth-order valence-electron chi connectivity index (χ4n) is 1.22. The number of anilines is 1. The van der Waals surface area contributed by atoms with Crippen molar-refractivity contribution in [2.45, 2.75) is 19.9 Å². The topological polar surface area (TPSA) is 97.1 Å². The third kappa shape index (κ3) is 4.10. The van der Waals surface area contributed by atoms with Gasteiger partial charge in [-0.3, -0.25) is 14.6 Å². The molecule has 0 radical (unpaired) electrons. The number of carbonyl (C=O) groups is 2. The van der Waals surface area contributed by atoms with E-state index in [9.17, 15) is 9.59 Å². The second kappa shape index (κ2) is 5.83. The van der Waals surface area contributed by atoms with E-state index in [-0.39, 0.29) is 24.1 Å². The summed E-state index contributed by atoms with van der Waals surface area (Å²) in [5.74, 6) is -0.648. The van der Waals surface area contributed by atoms with Crippen molar-refractivity contribution in [3.05, 3.63) is 24.0 Å². The summed E-state index contributed by atoms with van der Waals surface area (Å²) in [4.78, 5) is 26.7. The highest BCUT2D eigenvalue weighted by Gasteiger charge is 2.11. The number of nitrogens with two attached hydrogens (primary N) is 1. The molecule has 0 saturated heterocycles. The van der Waals surface area contributed by atoms with Crippen molar-refractivity contribution in [2.75, 3.05) is 12.3 Å². The van der Waals surface area contributed by atoms with E-state index in [1.54, 1.807) is 0 Å². The second-order valence-electron chi connectivity index (χ2n) is 3.87. The fourth-order valence-corrected chi connectivity index (χ4v) is 1.22. The molecule has 92 valence electrons. The Morgan fingerprint density at radius 3 is 2.76 bits per heavy atom. The van der Waals surface area contributed by atoms with Crippen LogP contribution < -0.4 is 16.4 Å². The number of nitrogens with zero attached hydrogens (tertiary/aromatic N) is 1. The van der Waals surface area contributed by atoms with Crippen molar-refractivity contribution in [1.82, 2.24) is 15.6 Å². The molecule has 6 nitrogen and oxygen atoms in total. The number of nitrogen functional groups attached to an aromatic ring is 1. The summed E-state index contributed by atoms with van der Waals surface area (Å²) in [6.07, 6.45) is 2.86. The molecule has 0 fully saturated rings. The van der Waals surface area contributed by atoms with Gasteiger partial charge in [0.25, 0.3) is 5.91 Å². The highest BCUT2D eigenvalue weighted by Crippen LogP contribution is 2.07. The molecule has 1 aromatic heterocycles. The molecule has 0 aliphatic carbocycles. The highest BCUT2D eigenvalue weighted by molar-refractivity contribution is 6.00. The van der Waals surface area contributed by atoms with Gasteiger partial charge in [0.2, 0.25) is 5.91 Å². The molecular weight excluding hydrogens is 220 g/mol. The van der Waals surface area contributed by atoms with Gasteiger partial charge in [0.1, 0.15) is 0 Å². The van der Waals surface area contributed by atoms with Gasteiger partial charge in [-0.1, -0.05) is 0 Å². The Hall–Kier alpha value is -2.11. The molecule has 1 rings (SSSR count). The van der Waals surface area contributed by atoms with Gasteiger partial charge in [-0.25, -0.2) is 0 Å². The lowest BCUT2D eigenvalue weighted by Crippen LogP contribution is -2.40. The molecule has 0 aromatic carbocycles. The summed E-state index contributed by atoms with van der Waals surface area (Å²) in [5, 5.41) is 5.14. The first-order valence-corrected chi connectivity index (χ1v) is 5.27. The molecule has 1 aromatic rings. The van der Waals surface area contributed by atoms with E-state index >= 15 is 0 Å². The largest absolute Gasteiger partial charge is 0.398 e. The van der Waals surface area contributed by atoms with Crippen molar-refractivity contribution in [1.29, 1.82) is 0 Å². The first-order valence-electron chi connectivity index (χ1n) is 5.27. The number of hydrogen-bond donors (Lipinski definition) is 3. The van der Waals surface area contributed by atoms with Gasteiger partial charge in [0, 0.05) is 24.1 Å². The molecule has 1 heterocycles. The van der Waals surface area contributed by atoms with Gasteiger partial charge in [0.05, 0.1) is 12.1 Å². The molecule has 0 unspecified atom stereocenters. The number of pyridine rings is 1. The van der Waals surface area contributed by atoms with Crippen molar-refractivity contribution in [3.8, 4) is 0 Å². The average Bonchev–Trinajstić information content (AvgIpc) is 2.25. The lowest BCUT2D eigenvalue weighted by Gasteiger charge is -2.09. The van der Waals surface area contributed by atoms with Crippen LogP contribution in [0.25, 0.3) is 0 Å². The van der Waals surface area contributed by atoms with Crippen LogP contribution in [0, 0.1) is 0 Å². The Bertz CT molecular complexity index is 418. The fraction of sp³-hybridized carbons (Fsp3) is 0.364. The molecule has 0 aliphatic heterocycles. The van der Waals surface area contributed by atoms with Crippen LogP contribution in [-0.2, 0) is 4.79 Å². The molecule has 17 heavy (non-hydrogen) atoms. The monoisotopic (exact) mass is 236 g/mol. The van der Waals surface area contributed by atoms with Crippen LogP contribution in [0.2, 0.25) is 0 Å². The average molecular weight is 236 g/mol. The molecular formula is C11H16N4O2. The molecule has 2 amide bonds. The summed E-state index contributed by atoms with van der Waals surface area (Å²) in [6.45, 7) is 3.61. The van der Waals surface area contributed by atoms with Gasteiger partial charge >= 0.3 is 0 Å². The Morgan fingerprint density at radius 1 is 1.47 bits per heavy atom. The lowest BCUT2D eigenvalue weighted by molar-refractivity contribution is -0.120. The van der Waals surface area contributed by atoms with E-state index in [2.05, 4.69) is 15.6 Å².